The Balaban J connectivity index is 4.27. The summed E-state index contributed by atoms with van der Waals surface area (Å²) in [4.78, 5) is 34.4. The van der Waals surface area contributed by atoms with Crippen LogP contribution in [0.25, 0.3) is 0 Å². The molecule has 0 spiro atoms. The summed E-state index contributed by atoms with van der Waals surface area (Å²) in [7, 11) is 0. The molecule has 2 amide bonds. The molecule has 0 aliphatic rings. The van der Waals surface area contributed by atoms with E-state index >= 15 is 0 Å². The first-order chi connectivity index (χ1) is 9.63. The lowest BCUT2D eigenvalue weighted by Gasteiger charge is -2.17. The second kappa shape index (κ2) is 9.15. The minimum Gasteiger partial charge on any atom is -0.480 e. The largest absolute Gasteiger partial charge is 0.480 e. The molecule has 6 heteroatoms. The molecular weight excluding hydrogens is 272 g/mol. The number of aliphatic carboxylic acids is 1. The monoisotopic (exact) mass is 298 g/mol. The van der Waals surface area contributed by atoms with E-state index in [-0.39, 0.29) is 24.3 Å². The second-order valence-electron chi connectivity index (χ2n) is 5.87. The van der Waals surface area contributed by atoms with Crippen LogP contribution in [0.15, 0.2) is 12.2 Å². The third kappa shape index (κ3) is 8.83. The summed E-state index contributed by atoms with van der Waals surface area (Å²) in [6.07, 6.45) is 0.902. The van der Waals surface area contributed by atoms with Crippen molar-refractivity contribution in [3.05, 3.63) is 12.2 Å². The third-order valence-corrected chi connectivity index (χ3v) is 2.87. The van der Waals surface area contributed by atoms with Gasteiger partial charge in [0.05, 0.1) is 6.54 Å². The fourth-order valence-electron chi connectivity index (χ4n) is 1.90. The first-order valence-corrected chi connectivity index (χ1v) is 7.07. The third-order valence-electron chi connectivity index (χ3n) is 2.87. The van der Waals surface area contributed by atoms with Gasteiger partial charge in [-0.05, 0) is 25.7 Å². The highest BCUT2D eigenvalue weighted by atomic mass is 16.4. The van der Waals surface area contributed by atoms with Crippen molar-refractivity contribution in [3.63, 3.8) is 0 Å². The number of carboxylic acids is 1. The number of nitrogens with one attached hydrogen (secondary N) is 2. The van der Waals surface area contributed by atoms with Crippen molar-refractivity contribution < 1.29 is 19.5 Å². The van der Waals surface area contributed by atoms with Crippen LogP contribution < -0.4 is 10.6 Å². The summed E-state index contributed by atoms with van der Waals surface area (Å²) in [5.74, 6) is -1.93. The Morgan fingerprint density at radius 3 is 2.19 bits per heavy atom. The molecule has 21 heavy (non-hydrogen) atoms. The molecular formula is C15H26N2O4. The molecule has 0 aliphatic heterocycles. The van der Waals surface area contributed by atoms with Crippen LogP contribution in [0.1, 0.15) is 40.5 Å². The molecule has 2 atom stereocenters. The number of allylic oxidation sites excluding steroid dienone is 1. The van der Waals surface area contributed by atoms with Crippen molar-refractivity contribution in [2.75, 3.05) is 6.54 Å². The molecule has 0 radical (unpaired) electrons. The second-order valence-corrected chi connectivity index (χ2v) is 5.87. The number of hydrogen-bond acceptors (Lipinski definition) is 3. The molecule has 0 saturated carbocycles. The predicted octanol–water partition coefficient (Wildman–Crippen LogP) is 1.32. The van der Waals surface area contributed by atoms with E-state index in [0.29, 0.717) is 12.8 Å². The summed E-state index contributed by atoms with van der Waals surface area (Å²) < 4.78 is 0. The Labute approximate surface area is 126 Å². The molecule has 1 unspecified atom stereocenters. The van der Waals surface area contributed by atoms with Gasteiger partial charge in [-0.2, -0.15) is 0 Å². The van der Waals surface area contributed by atoms with Crippen LogP contribution in [-0.4, -0.2) is 35.5 Å². The highest BCUT2D eigenvalue weighted by molar-refractivity contribution is 5.88. The van der Waals surface area contributed by atoms with Gasteiger partial charge in [-0.3, -0.25) is 9.59 Å². The summed E-state index contributed by atoms with van der Waals surface area (Å²) >= 11 is 0. The maximum Gasteiger partial charge on any atom is 0.326 e. The zero-order valence-corrected chi connectivity index (χ0v) is 13.2. The van der Waals surface area contributed by atoms with Crippen LogP contribution in [-0.2, 0) is 14.4 Å². The van der Waals surface area contributed by atoms with Gasteiger partial charge in [0, 0.05) is 5.92 Å². The zero-order chi connectivity index (χ0) is 16.6. The molecule has 6 nitrogen and oxygen atoms in total. The summed E-state index contributed by atoms with van der Waals surface area (Å²) in [6, 6.07) is -0.928. The molecule has 0 aliphatic carbocycles. The smallest absolute Gasteiger partial charge is 0.326 e. The lowest BCUT2D eigenvalue weighted by atomic mass is 10.0. The van der Waals surface area contributed by atoms with Crippen LogP contribution in [0.3, 0.4) is 0 Å². The molecule has 0 saturated heterocycles. The SMILES string of the molecule is C=C(C)CC(C)C(=O)NCC(=O)N[C@@H](CC(C)C)C(=O)O. The Hall–Kier alpha value is -1.85. The number of hydrogen-bond donors (Lipinski definition) is 3. The summed E-state index contributed by atoms with van der Waals surface area (Å²) in [6.45, 7) is 10.9. The highest BCUT2D eigenvalue weighted by Gasteiger charge is 2.21. The number of amides is 2. The average molecular weight is 298 g/mol. The zero-order valence-electron chi connectivity index (χ0n) is 13.2. The van der Waals surface area contributed by atoms with Gasteiger partial charge < -0.3 is 15.7 Å². The van der Waals surface area contributed by atoms with Crippen LogP contribution in [0.5, 0.6) is 0 Å². The quantitative estimate of drug-likeness (QED) is 0.559. The molecule has 0 heterocycles. The Kier molecular flexibility index (Phi) is 8.35. The van der Waals surface area contributed by atoms with Crippen molar-refractivity contribution in [2.24, 2.45) is 11.8 Å². The molecule has 0 aromatic carbocycles. The standard InChI is InChI=1S/C15H26N2O4/c1-9(2)6-11(5)14(19)16-8-13(18)17-12(15(20)21)7-10(3)4/h10-12H,1,6-8H2,2-5H3,(H,16,19)(H,17,18)(H,20,21)/t11?,12-/m0/s1. The van der Waals surface area contributed by atoms with Crippen molar-refractivity contribution in [3.8, 4) is 0 Å². The maximum absolute atomic E-state index is 11.7. The normalized spacial score (nSPS) is 13.4. The van der Waals surface area contributed by atoms with E-state index < -0.39 is 17.9 Å². The number of rotatable bonds is 9. The molecule has 0 aromatic heterocycles. The Bertz CT molecular complexity index is 404. The van der Waals surface area contributed by atoms with E-state index in [1.54, 1.807) is 6.92 Å². The number of carbonyl (C=O) groups is 3. The Morgan fingerprint density at radius 1 is 1.19 bits per heavy atom. The van der Waals surface area contributed by atoms with Crippen LogP contribution in [0.4, 0.5) is 0 Å². The van der Waals surface area contributed by atoms with E-state index in [9.17, 15) is 14.4 Å². The molecule has 0 aromatic rings. The highest BCUT2D eigenvalue weighted by Crippen LogP contribution is 2.08. The maximum atomic E-state index is 11.7. The van der Waals surface area contributed by atoms with Gasteiger partial charge in [-0.15, -0.1) is 6.58 Å². The van der Waals surface area contributed by atoms with E-state index in [0.717, 1.165) is 5.57 Å². The molecule has 0 fully saturated rings. The average Bonchev–Trinajstić information content (AvgIpc) is 2.33. The fraction of sp³-hybridized carbons (Fsp3) is 0.667. The molecule has 0 rings (SSSR count). The van der Waals surface area contributed by atoms with Crippen molar-refractivity contribution in [1.82, 2.24) is 10.6 Å². The van der Waals surface area contributed by atoms with Crippen molar-refractivity contribution in [1.29, 1.82) is 0 Å². The molecule has 3 N–H and O–H groups in total. The van der Waals surface area contributed by atoms with Gasteiger partial charge in [0.2, 0.25) is 11.8 Å². The lowest BCUT2D eigenvalue weighted by Crippen LogP contribution is -2.46. The number of carboxylic acid groups (broad SMARTS) is 1. The van der Waals surface area contributed by atoms with Crippen LogP contribution >= 0.6 is 0 Å². The van der Waals surface area contributed by atoms with Crippen molar-refractivity contribution in [2.45, 2.75) is 46.6 Å². The van der Waals surface area contributed by atoms with Gasteiger partial charge >= 0.3 is 5.97 Å². The Morgan fingerprint density at radius 2 is 1.76 bits per heavy atom. The van der Waals surface area contributed by atoms with Crippen LogP contribution in [0, 0.1) is 11.8 Å². The van der Waals surface area contributed by atoms with Crippen molar-refractivity contribution >= 4 is 17.8 Å². The van der Waals surface area contributed by atoms with Gasteiger partial charge in [0.1, 0.15) is 6.04 Å². The predicted molar refractivity (Wildman–Crippen MR) is 80.6 cm³/mol. The lowest BCUT2D eigenvalue weighted by molar-refractivity contribution is -0.142. The minimum atomic E-state index is -1.07. The topological polar surface area (TPSA) is 95.5 Å². The summed E-state index contributed by atoms with van der Waals surface area (Å²) in [5, 5.41) is 13.9. The van der Waals surface area contributed by atoms with Gasteiger partial charge in [0.25, 0.3) is 0 Å². The van der Waals surface area contributed by atoms with E-state index in [2.05, 4.69) is 17.2 Å². The summed E-state index contributed by atoms with van der Waals surface area (Å²) in [5.41, 5.74) is 0.893. The molecule has 0 bridgehead atoms. The fourth-order valence-corrected chi connectivity index (χ4v) is 1.90. The number of carbonyl (C=O) groups excluding carboxylic acids is 2. The first kappa shape index (κ1) is 19.1. The van der Waals surface area contributed by atoms with Gasteiger partial charge in [0.15, 0.2) is 0 Å². The van der Waals surface area contributed by atoms with Crippen LogP contribution in [0.2, 0.25) is 0 Å². The molecule has 120 valence electrons. The first-order valence-electron chi connectivity index (χ1n) is 7.07. The van der Waals surface area contributed by atoms with E-state index in [1.807, 2.05) is 20.8 Å². The van der Waals surface area contributed by atoms with E-state index in [4.69, 9.17) is 5.11 Å². The van der Waals surface area contributed by atoms with Gasteiger partial charge in [-0.1, -0.05) is 26.3 Å². The van der Waals surface area contributed by atoms with E-state index in [1.165, 1.54) is 0 Å². The van der Waals surface area contributed by atoms with Gasteiger partial charge in [-0.25, -0.2) is 4.79 Å². The minimum absolute atomic E-state index is 0.150.